The standard InChI is InChI=1S/C13H18ClFN2.ClH/c1-2-12(17-8-6-16-7-9-17)10-4-3-5-11(14)13(10)15;/h3-5,12,16H,2,6-9H2,1H3;1H/t12-;/m1./s1. The summed E-state index contributed by atoms with van der Waals surface area (Å²) in [5.41, 5.74) is 0.724. The molecule has 1 atom stereocenters. The van der Waals surface area contributed by atoms with Gasteiger partial charge >= 0.3 is 0 Å². The first kappa shape index (κ1) is 15.7. The van der Waals surface area contributed by atoms with Crippen molar-refractivity contribution in [3.05, 3.63) is 34.6 Å². The number of hydrogen-bond donors (Lipinski definition) is 1. The summed E-state index contributed by atoms with van der Waals surface area (Å²) >= 11 is 5.85. The monoisotopic (exact) mass is 292 g/mol. The summed E-state index contributed by atoms with van der Waals surface area (Å²) < 4.78 is 14.0. The maximum Gasteiger partial charge on any atom is 0.146 e. The van der Waals surface area contributed by atoms with E-state index in [0.29, 0.717) is 0 Å². The average molecular weight is 293 g/mol. The van der Waals surface area contributed by atoms with Crippen LogP contribution in [0.1, 0.15) is 24.9 Å². The van der Waals surface area contributed by atoms with Crippen molar-refractivity contribution in [2.24, 2.45) is 0 Å². The summed E-state index contributed by atoms with van der Waals surface area (Å²) in [7, 11) is 0. The molecule has 1 aromatic rings. The van der Waals surface area contributed by atoms with Crippen LogP contribution in [-0.2, 0) is 0 Å². The zero-order chi connectivity index (χ0) is 12.3. The maximum atomic E-state index is 14.0. The van der Waals surface area contributed by atoms with Gasteiger partial charge in [-0.15, -0.1) is 12.4 Å². The van der Waals surface area contributed by atoms with Crippen molar-refractivity contribution in [1.82, 2.24) is 10.2 Å². The molecule has 1 saturated heterocycles. The predicted octanol–water partition coefficient (Wildman–Crippen LogP) is 3.26. The predicted molar refractivity (Wildman–Crippen MR) is 76.1 cm³/mol. The van der Waals surface area contributed by atoms with E-state index in [1.807, 2.05) is 12.1 Å². The molecule has 102 valence electrons. The van der Waals surface area contributed by atoms with Crippen LogP contribution in [-0.4, -0.2) is 31.1 Å². The Morgan fingerprint density at radius 2 is 2.06 bits per heavy atom. The lowest BCUT2D eigenvalue weighted by Gasteiger charge is -2.34. The molecule has 0 radical (unpaired) electrons. The minimum atomic E-state index is -0.264. The molecule has 0 saturated carbocycles. The van der Waals surface area contributed by atoms with Crippen molar-refractivity contribution in [1.29, 1.82) is 0 Å². The molecule has 1 aliphatic rings. The Labute approximate surface area is 119 Å². The van der Waals surface area contributed by atoms with Gasteiger partial charge < -0.3 is 5.32 Å². The number of halogens is 3. The highest BCUT2D eigenvalue weighted by Crippen LogP contribution is 2.29. The highest BCUT2D eigenvalue weighted by molar-refractivity contribution is 6.30. The molecule has 1 aromatic carbocycles. The summed E-state index contributed by atoms with van der Waals surface area (Å²) in [6.45, 7) is 5.96. The van der Waals surface area contributed by atoms with E-state index >= 15 is 0 Å². The third kappa shape index (κ3) is 3.35. The molecule has 0 aromatic heterocycles. The molecule has 0 bridgehead atoms. The first-order valence-corrected chi connectivity index (χ1v) is 6.50. The molecule has 2 rings (SSSR count). The number of nitrogens with one attached hydrogen (secondary N) is 1. The second-order valence-corrected chi connectivity index (χ2v) is 4.76. The van der Waals surface area contributed by atoms with Crippen molar-refractivity contribution in [3.63, 3.8) is 0 Å². The van der Waals surface area contributed by atoms with Gasteiger partial charge in [-0.3, -0.25) is 4.90 Å². The fraction of sp³-hybridized carbons (Fsp3) is 0.538. The summed E-state index contributed by atoms with van der Waals surface area (Å²) in [5.74, 6) is -0.264. The van der Waals surface area contributed by atoms with E-state index in [1.165, 1.54) is 0 Å². The van der Waals surface area contributed by atoms with Crippen molar-refractivity contribution < 1.29 is 4.39 Å². The lowest BCUT2D eigenvalue weighted by molar-refractivity contribution is 0.166. The minimum absolute atomic E-state index is 0. The Kier molecular flexibility index (Phi) is 6.36. The van der Waals surface area contributed by atoms with Crippen molar-refractivity contribution >= 4 is 24.0 Å². The van der Waals surface area contributed by atoms with Crippen molar-refractivity contribution in [2.75, 3.05) is 26.2 Å². The number of piperazine rings is 1. The largest absolute Gasteiger partial charge is 0.314 e. The first-order chi connectivity index (χ1) is 8.24. The second kappa shape index (κ2) is 7.29. The summed E-state index contributed by atoms with van der Waals surface area (Å²) in [5, 5.41) is 3.53. The molecule has 0 amide bonds. The van der Waals surface area contributed by atoms with Crippen LogP contribution in [0.15, 0.2) is 18.2 Å². The highest BCUT2D eigenvalue weighted by Gasteiger charge is 2.23. The molecule has 1 N–H and O–H groups in total. The highest BCUT2D eigenvalue weighted by atomic mass is 35.5. The molecule has 0 spiro atoms. The van der Waals surface area contributed by atoms with Gasteiger partial charge in [0, 0.05) is 37.8 Å². The van der Waals surface area contributed by atoms with E-state index in [2.05, 4.69) is 17.1 Å². The number of hydrogen-bond acceptors (Lipinski definition) is 2. The van der Waals surface area contributed by atoms with E-state index in [4.69, 9.17) is 11.6 Å². The van der Waals surface area contributed by atoms with E-state index < -0.39 is 0 Å². The Morgan fingerprint density at radius 1 is 1.39 bits per heavy atom. The van der Waals surface area contributed by atoms with Gasteiger partial charge in [-0.2, -0.15) is 0 Å². The van der Waals surface area contributed by atoms with Crippen molar-refractivity contribution in [2.45, 2.75) is 19.4 Å². The van der Waals surface area contributed by atoms with Gasteiger partial charge in [0.25, 0.3) is 0 Å². The Morgan fingerprint density at radius 3 is 2.67 bits per heavy atom. The lowest BCUT2D eigenvalue weighted by Crippen LogP contribution is -2.45. The normalized spacial score (nSPS) is 18.2. The van der Waals surface area contributed by atoms with Gasteiger partial charge in [-0.25, -0.2) is 4.39 Å². The van der Waals surface area contributed by atoms with Crippen LogP contribution in [0.25, 0.3) is 0 Å². The number of rotatable bonds is 3. The summed E-state index contributed by atoms with van der Waals surface area (Å²) in [6, 6.07) is 5.41. The smallest absolute Gasteiger partial charge is 0.146 e. The maximum absolute atomic E-state index is 14.0. The van der Waals surface area contributed by atoms with Crippen LogP contribution in [0.2, 0.25) is 5.02 Å². The summed E-state index contributed by atoms with van der Waals surface area (Å²) in [6.07, 6.45) is 0.900. The third-order valence-electron chi connectivity index (χ3n) is 3.32. The Bertz CT molecular complexity index is 381. The molecule has 1 aliphatic heterocycles. The van der Waals surface area contributed by atoms with Gasteiger partial charge in [0.1, 0.15) is 5.82 Å². The topological polar surface area (TPSA) is 15.3 Å². The van der Waals surface area contributed by atoms with E-state index in [-0.39, 0.29) is 29.3 Å². The number of nitrogens with zero attached hydrogens (tertiary/aromatic N) is 1. The fourth-order valence-electron chi connectivity index (χ4n) is 2.45. The molecule has 1 heterocycles. The summed E-state index contributed by atoms with van der Waals surface area (Å²) in [4.78, 5) is 2.32. The van der Waals surface area contributed by atoms with Crippen LogP contribution >= 0.6 is 24.0 Å². The van der Waals surface area contributed by atoms with Crippen LogP contribution in [0, 0.1) is 5.82 Å². The molecule has 18 heavy (non-hydrogen) atoms. The zero-order valence-corrected chi connectivity index (χ0v) is 12.0. The van der Waals surface area contributed by atoms with Crippen LogP contribution < -0.4 is 5.32 Å². The molecule has 5 heteroatoms. The number of benzene rings is 1. The van der Waals surface area contributed by atoms with E-state index in [9.17, 15) is 4.39 Å². The SMILES string of the molecule is CC[C@H](c1cccc(Cl)c1F)N1CCNCC1.Cl. The molecule has 0 unspecified atom stereocenters. The lowest BCUT2D eigenvalue weighted by atomic mass is 10.0. The quantitative estimate of drug-likeness (QED) is 0.920. The van der Waals surface area contributed by atoms with Crippen LogP contribution in [0.3, 0.4) is 0 Å². The molecule has 1 fully saturated rings. The van der Waals surface area contributed by atoms with Gasteiger partial charge in [-0.1, -0.05) is 30.7 Å². The molecular formula is C13H19Cl2FN2. The van der Waals surface area contributed by atoms with Crippen LogP contribution in [0.4, 0.5) is 4.39 Å². The third-order valence-corrected chi connectivity index (χ3v) is 3.61. The van der Waals surface area contributed by atoms with Gasteiger partial charge in [0.2, 0.25) is 0 Å². The molecule has 2 nitrogen and oxygen atoms in total. The molecular weight excluding hydrogens is 274 g/mol. The van der Waals surface area contributed by atoms with Gasteiger partial charge in [0.05, 0.1) is 5.02 Å². The van der Waals surface area contributed by atoms with Gasteiger partial charge in [0.15, 0.2) is 0 Å². The average Bonchev–Trinajstić information content (AvgIpc) is 2.37. The minimum Gasteiger partial charge on any atom is -0.314 e. The Hall–Kier alpha value is -0.350. The van der Waals surface area contributed by atoms with Crippen molar-refractivity contribution in [3.8, 4) is 0 Å². The Balaban J connectivity index is 0.00000162. The fourth-order valence-corrected chi connectivity index (χ4v) is 2.63. The second-order valence-electron chi connectivity index (χ2n) is 4.35. The van der Waals surface area contributed by atoms with E-state index in [0.717, 1.165) is 38.2 Å². The first-order valence-electron chi connectivity index (χ1n) is 6.12. The van der Waals surface area contributed by atoms with E-state index in [1.54, 1.807) is 6.07 Å². The van der Waals surface area contributed by atoms with Crippen LogP contribution in [0.5, 0.6) is 0 Å². The van der Waals surface area contributed by atoms with Gasteiger partial charge in [-0.05, 0) is 12.5 Å². The zero-order valence-electron chi connectivity index (χ0n) is 10.5. The molecule has 0 aliphatic carbocycles.